The normalized spacial score (nSPS) is 12.5. The molecule has 0 saturated heterocycles. The standard InChI is InChI=1S/C62H47N4O2.Pt/c1-40-56(42-20-9-6-10-21-42)41(2)58(44-24-13-8-14-25-44)60(57(40)43-22-11-7-12-23-43)65-39-64(51-29-16-17-30-52(51)65)46-26-19-27-47(37-46)67-48-32-33-49-53(38-48)66(55-36-45(34-35-63-55)62(3,4)5)59-50-28-15-18-31-54(50)68-61(49)59;/h6-36,39H,1-5H3;/q-3;. The molecule has 0 radical (unpaired) electrons. The van der Waals surface area contributed by atoms with Crippen molar-refractivity contribution in [2.75, 3.05) is 9.80 Å². The van der Waals surface area contributed by atoms with Crippen LogP contribution in [0.15, 0.2) is 193 Å². The first-order valence-electron chi connectivity index (χ1n) is 23.1. The molecule has 0 spiro atoms. The van der Waals surface area contributed by atoms with Crippen molar-refractivity contribution in [1.82, 2.24) is 9.55 Å². The van der Waals surface area contributed by atoms with Gasteiger partial charge >= 0.3 is 0 Å². The van der Waals surface area contributed by atoms with Crippen LogP contribution in [0.2, 0.25) is 0 Å². The Bertz CT molecular complexity index is 3640. The molecule has 69 heavy (non-hydrogen) atoms. The van der Waals surface area contributed by atoms with Crippen molar-refractivity contribution in [3.63, 3.8) is 0 Å². The van der Waals surface area contributed by atoms with Crippen LogP contribution in [-0.2, 0) is 26.5 Å². The van der Waals surface area contributed by atoms with Crippen molar-refractivity contribution < 1.29 is 30.2 Å². The molecule has 8 aromatic carbocycles. The van der Waals surface area contributed by atoms with E-state index in [0.717, 1.165) is 72.7 Å². The molecule has 0 amide bonds. The van der Waals surface area contributed by atoms with Crippen molar-refractivity contribution in [2.45, 2.75) is 40.0 Å². The number of para-hydroxylation sites is 3. The van der Waals surface area contributed by atoms with Crippen molar-refractivity contribution in [3.8, 4) is 50.7 Å². The molecular weight excluding hydrogens is 1030 g/mol. The van der Waals surface area contributed by atoms with Crippen LogP contribution in [0.25, 0.3) is 72.2 Å². The van der Waals surface area contributed by atoms with Crippen molar-refractivity contribution in [1.29, 1.82) is 0 Å². The molecule has 0 atom stereocenters. The summed E-state index contributed by atoms with van der Waals surface area (Å²) >= 11 is 0. The van der Waals surface area contributed by atoms with Gasteiger partial charge in [-0.2, -0.15) is 12.1 Å². The molecule has 0 saturated carbocycles. The van der Waals surface area contributed by atoms with E-state index < -0.39 is 0 Å². The number of pyridine rings is 1. The molecule has 1 aliphatic heterocycles. The second-order valence-electron chi connectivity index (χ2n) is 18.5. The van der Waals surface area contributed by atoms with Gasteiger partial charge < -0.3 is 23.5 Å². The zero-order valence-corrected chi connectivity index (χ0v) is 41.2. The summed E-state index contributed by atoms with van der Waals surface area (Å²) in [4.78, 5) is 9.50. The van der Waals surface area contributed by atoms with Crippen LogP contribution in [0.1, 0.15) is 37.5 Å². The van der Waals surface area contributed by atoms with Gasteiger partial charge in [-0.05, 0) is 94.6 Å². The maximum Gasteiger partial charge on any atom is 0.136 e. The number of anilines is 4. The first-order chi connectivity index (χ1) is 33.2. The van der Waals surface area contributed by atoms with Crippen LogP contribution < -0.4 is 14.5 Å². The van der Waals surface area contributed by atoms with E-state index in [-0.39, 0.29) is 26.5 Å². The fraction of sp³-hybridized carbons (Fsp3) is 0.0968. The minimum Gasteiger partial charge on any atom is -0.509 e. The van der Waals surface area contributed by atoms with Crippen LogP contribution in [0.4, 0.5) is 22.7 Å². The summed E-state index contributed by atoms with van der Waals surface area (Å²) in [6.07, 6.45) is 1.89. The minimum absolute atomic E-state index is 0. The minimum atomic E-state index is -0.0688. The number of hydrogen-bond acceptors (Lipinski definition) is 5. The second-order valence-corrected chi connectivity index (χ2v) is 18.5. The van der Waals surface area contributed by atoms with Gasteiger partial charge in [0.25, 0.3) is 0 Å². The quantitative estimate of drug-likeness (QED) is 0.142. The number of furan rings is 1. The first-order valence-corrected chi connectivity index (χ1v) is 23.1. The van der Waals surface area contributed by atoms with E-state index in [2.05, 4.69) is 213 Å². The van der Waals surface area contributed by atoms with Gasteiger partial charge in [0, 0.05) is 72.3 Å². The van der Waals surface area contributed by atoms with Crippen molar-refractivity contribution in [3.05, 3.63) is 224 Å². The molecule has 0 aliphatic carbocycles. The molecular formula is C62H47N4O2Pt-3. The van der Waals surface area contributed by atoms with Gasteiger partial charge in [0.1, 0.15) is 17.0 Å². The van der Waals surface area contributed by atoms with Crippen molar-refractivity contribution >= 4 is 55.7 Å². The van der Waals surface area contributed by atoms with E-state index in [0.29, 0.717) is 11.5 Å². The Hall–Kier alpha value is -7.66. The Morgan fingerprint density at radius 2 is 1.14 bits per heavy atom. The fourth-order valence-electron chi connectivity index (χ4n) is 10.1. The van der Waals surface area contributed by atoms with Crippen LogP contribution in [0, 0.1) is 32.6 Å². The topological polar surface area (TPSA) is 46.7 Å². The zero-order valence-electron chi connectivity index (χ0n) is 38.9. The fourth-order valence-corrected chi connectivity index (χ4v) is 10.1. The molecule has 340 valence electrons. The second kappa shape index (κ2) is 17.5. The van der Waals surface area contributed by atoms with E-state index in [1.165, 1.54) is 38.9 Å². The molecule has 3 aromatic heterocycles. The summed E-state index contributed by atoms with van der Waals surface area (Å²) in [6.45, 7) is 13.4. The maximum absolute atomic E-state index is 6.73. The van der Waals surface area contributed by atoms with Crippen LogP contribution >= 0.6 is 0 Å². The molecule has 12 rings (SSSR count). The molecule has 0 unspecified atom stereocenters. The van der Waals surface area contributed by atoms with Crippen LogP contribution in [-0.4, -0.2) is 9.55 Å². The molecule has 0 N–H and O–H groups in total. The molecule has 11 aromatic rings. The summed E-state index contributed by atoms with van der Waals surface area (Å²) in [7, 11) is 0. The van der Waals surface area contributed by atoms with Gasteiger partial charge in [0.05, 0.1) is 5.52 Å². The van der Waals surface area contributed by atoms with Crippen molar-refractivity contribution in [2.24, 2.45) is 0 Å². The largest absolute Gasteiger partial charge is 0.509 e. The molecule has 4 heterocycles. The summed E-state index contributed by atoms with van der Waals surface area (Å²) in [6, 6.07) is 70.7. The SMILES string of the molecule is Cc1c(-c2ccccc2)c(C)c(-c2ccccc2)c(N2[CH-]N(c3[c-]c(Oc4[c-]c5c(cc4)c4oc6ccccc6c4n5-c4cc(C(C)(C)C)ccn4)ccc3)c3ccccc32)c1-c1ccccc1.[Pt]. The van der Waals surface area contributed by atoms with Crippen LogP contribution in [0.3, 0.4) is 0 Å². The van der Waals surface area contributed by atoms with Gasteiger partial charge in [-0.25, -0.2) is 4.98 Å². The predicted octanol–water partition coefficient (Wildman–Crippen LogP) is 16.6. The molecule has 1 aliphatic rings. The van der Waals surface area contributed by atoms with Gasteiger partial charge in [0.15, 0.2) is 0 Å². The number of aromatic nitrogens is 2. The Morgan fingerprint density at radius 1 is 0.565 bits per heavy atom. The number of benzene rings is 8. The summed E-state index contributed by atoms with van der Waals surface area (Å²) in [5.74, 6) is 1.92. The Morgan fingerprint density at radius 3 is 1.80 bits per heavy atom. The number of hydrogen-bond donors (Lipinski definition) is 0. The molecule has 0 fully saturated rings. The summed E-state index contributed by atoms with van der Waals surface area (Å²) < 4.78 is 15.4. The van der Waals surface area contributed by atoms with Gasteiger partial charge in [0.2, 0.25) is 0 Å². The third kappa shape index (κ3) is 7.51. The molecule has 7 heteroatoms. The Kier molecular flexibility index (Phi) is 11.1. The monoisotopic (exact) mass is 1070 g/mol. The Balaban J connectivity index is 0.00000520. The third-order valence-corrected chi connectivity index (χ3v) is 13.3. The van der Waals surface area contributed by atoms with Gasteiger partial charge in [-0.1, -0.05) is 147 Å². The van der Waals surface area contributed by atoms with E-state index >= 15 is 0 Å². The number of ether oxygens (including phenoxy) is 1. The summed E-state index contributed by atoms with van der Waals surface area (Å²) in [5.41, 5.74) is 18.1. The number of rotatable bonds is 8. The number of fused-ring (bicyclic) bond motifs is 6. The van der Waals surface area contributed by atoms with E-state index in [9.17, 15) is 0 Å². The summed E-state index contributed by atoms with van der Waals surface area (Å²) in [5, 5.41) is 1.94. The van der Waals surface area contributed by atoms with Crippen LogP contribution in [0.5, 0.6) is 11.5 Å². The molecule has 6 nitrogen and oxygen atoms in total. The predicted molar refractivity (Wildman–Crippen MR) is 278 cm³/mol. The van der Waals surface area contributed by atoms with Gasteiger partial charge in [-0.3, -0.25) is 0 Å². The van der Waals surface area contributed by atoms with E-state index in [1.54, 1.807) is 0 Å². The Labute approximate surface area is 417 Å². The first kappa shape index (κ1) is 43.9. The van der Waals surface area contributed by atoms with E-state index in [4.69, 9.17) is 14.1 Å². The average molecular weight is 1080 g/mol. The average Bonchev–Trinajstić information content (AvgIpc) is 4.04. The zero-order chi connectivity index (χ0) is 46.1. The van der Waals surface area contributed by atoms with Gasteiger partial charge in [-0.15, -0.1) is 42.7 Å². The molecule has 0 bridgehead atoms. The van der Waals surface area contributed by atoms with E-state index in [1.807, 2.05) is 42.6 Å². The smallest absolute Gasteiger partial charge is 0.136 e. The maximum atomic E-state index is 6.73. The third-order valence-electron chi connectivity index (χ3n) is 13.3. The number of nitrogens with zero attached hydrogens (tertiary/aromatic N) is 4.